The first-order chi connectivity index (χ1) is 13.5. The Morgan fingerprint density at radius 3 is 2.18 bits per heavy atom. The molecule has 0 spiro atoms. The number of rotatable bonds is 6. The van der Waals surface area contributed by atoms with Crippen LogP contribution in [0.15, 0.2) is 72.8 Å². The summed E-state index contributed by atoms with van der Waals surface area (Å²) in [7, 11) is 0. The third-order valence-corrected chi connectivity index (χ3v) is 4.88. The van der Waals surface area contributed by atoms with Gasteiger partial charge in [0.15, 0.2) is 0 Å². The Morgan fingerprint density at radius 2 is 1.64 bits per heavy atom. The number of hydrogen-bond donors (Lipinski definition) is 1. The van der Waals surface area contributed by atoms with Gasteiger partial charge in [-0.25, -0.2) is 4.79 Å². The van der Waals surface area contributed by atoms with Crippen LogP contribution in [0, 0.1) is 11.3 Å². The summed E-state index contributed by atoms with van der Waals surface area (Å²) < 4.78 is 24.6. The summed E-state index contributed by atoms with van der Waals surface area (Å²) in [5, 5.41) is 18.0. The number of aromatic carboxylic acids is 1. The molecule has 3 aromatic carbocycles. The Kier molecular flexibility index (Phi) is 5.84. The number of benzene rings is 3. The molecule has 0 fully saturated rings. The van der Waals surface area contributed by atoms with Crippen LogP contribution >= 0.6 is 0 Å². The fourth-order valence-corrected chi connectivity index (χ4v) is 3.30. The molecule has 0 saturated heterocycles. The van der Waals surface area contributed by atoms with Crippen LogP contribution in [0.4, 0.5) is 5.69 Å². The SMILES string of the molecule is N#Cc1ccc(-c2ccc(N(Cc3cccc(C(=O)O)c3)S(=O)[O-])cc2)cc1. The first-order valence-electron chi connectivity index (χ1n) is 8.27. The molecule has 0 aliphatic heterocycles. The van der Waals surface area contributed by atoms with E-state index in [0.29, 0.717) is 16.8 Å². The fraction of sp³-hybridized carbons (Fsp3) is 0.0476. The van der Waals surface area contributed by atoms with Crippen molar-refractivity contribution < 1.29 is 18.7 Å². The van der Waals surface area contributed by atoms with E-state index >= 15 is 0 Å². The molecule has 0 aromatic heterocycles. The van der Waals surface area contributed by atoms with E-state index in [1.807, 2.05) is 12.1 Å². The largest absolute Gasteiger partial charge is 0.755 e. The van der Waals surface area contributed by atoms with Gasteiger partial charge in [-0.1, -0.05) is 36.4 Å². The molecular weight excluding hydrogens is 376 g/mol. The normalized spacial score (nSPS) is 11.4. The lowest BCUT2D eigenvalue weighted by Crippen LogP contribution is -2.24. The van der Waals surface area contributed by atoms with Gasteiger partial charge in [0.1, 0.15) is 0 Å². The summed E-state index contributed by atoms with van der Waals surface area (Å²) in [6.07, 6.45) is 0. The van der Waals surface area contributed by atoms with Gasteiger partial charge in [-0.2, -0.15) is 5.26 Å². The molecule has 0 saturated carbocycles. The topological polar surface area (TPSA) is 104 Å². The van der Waals surface area contributed by atoms with Crippen LogP contribution in [-0.4, -0.2) is 19.8 Å². The number of nitrogens with zero attached hydrogens (tertiary/aromatic N) is 2. The van der Waals surface area contributed by atoms with E-state index in [9.17, 15) is 13.6 Å². The minimum absolute atomic E-state index is 0.0213. The van der Waals surface area contributed by atoms with E-state index in [1.165, 1.54) is 12.1 Å². The van der Waals surface area contributed by atoms with Crippen LogP contribution in [0.25, 0.3) is 11.1 Å². The van der Waals surface area contributed by atoms with Gasteiger partial charge in [0, 0.05) is 17.0 Å². The van der Waals surface area contributed by atoms with Crippen molar-refractivity contribution >= 4 is 22.9 Å². The van der Waals surface area contributed by atoms with Crippen molar-refractivity contribution in [2.24, 2.45) is 0 Å². The maximum Gasteiger partial charge on any atom is 0.335 e. The number of carboxylic acid groups (broad SMARTS) is 1. The minimum Gasteiger partial charge on any atom is -0.755 e. The van der Waals surface area contributed by atoms with Crippen molar-refractivity contribution in [2.75, 3.05) is 4.31 Å². The van der Waals surface area contributed by atoms with Gasteiger partial charge in [0.25, 0.3) is 0 Å². The Balaban J connectivity index is 1.84. The zero-order valence-electron chi connectivity index (χ0n) is 14.6. The summed E-state index contributed by atoms with van der Waals surface area (Å²) in [4.78, 5) is 11.1. The predicted octanol–water partition coefficient (Wildman–Crippen LogP) is 3.72. The molecule has 0 aliphatic carbocycles. The predicted molar refractivity (Wildman–Crippen MR) is 105 cm³/mol. The molecule has 0 heterocycles. The lowest BCUT2D eigenvalue weighted by molar-refractivity contribution is 0.0696. The molecular formula is C21H15N2O4S-. The van der Waals surface area contributed by atoms with Crippen LogP contribution < -0.4 is 4.31 Å². The molecule has 28 heavy (non-hydrogen) atoms. The molecule has 1 N–H and O–H groups in total. The number of hydrogen-bond acceptors (Lipinski definition) is 4. The molecule has 7 heteroatoms. The number of anilines is 1. The van der Waals surface area contributed by atoms with Crippen molar-refractivity contribution in [1.29, 1.82) is 5.26 Å². The highest BCUT2D eigenvalue weighted by atomic mass is 32.2. The van der Waals surface area contributed by atoms with Crippen molar-refractivity contribution in [3.63, 3.8) is 0 Å². The Hall–Kier alpha value is -3.47. The highest BCUT2D eigenvalue weighted by molar-refractivity contribution is 7.80. The van der Waals surface area contributed by atoms with E-state index in [2.05, 4.69) is 6.07 Å². The van der Waals surface area contributed by atoms with Crippen LogP contribution in [0.5, 0.6) is 0 Å². The second-order valence-corrected chi connectivity index (χ2v) is 6.87. The Morgan fingerprint density at radius 1 is 1.04 bits per heavy atom. The minimum atomic E-state index is -2.53. The van der Waals surface area contributed by atoms with Crippen LogP contribution in [0.1, 0.15) is 21.5 Å². The summed E-state index contributed by atoms with van der Waals surface area (Å²) in [5.74, 6) is -1.07. The summed E-state index contributed by atoms with van der Waals surface area (Å²) in [6.45, 7) is 0.0213. The number of carbonyl (C=O) groups is 1. The van der Waals surface area contributed by atoms with E-state index in [-0.39, 0.29) is 12.1 Å². The summed E-state index contributed by atoms with van der Waals surface area (Å²) in [6, 6.07) is 22.3. The van der Waals surface area contributed by atoms with Gasteiger partial charge in [0.05, 0.1) is 23.7 Å². The van der Waals surface area contributed by atoms with Crippen LogP contribution in [0.2, 0.25) is 0 Å². The third-order valence-electron chi connectivity index (χ3n) is 4.18. The molecule has 0 bridgehead atoms. The maximum absolute atomic E-state index is 11.7. The second-order valence-electron chi connectivity index (χ2n) is 6.00. The van der Waals surface area contributed by atoms with Gasteiger partial charge < -0.3 is 9.66 Å². The van der Waals surface area contributed by atoms with Gasteiger partial charge in [-0.05, 0) is 53.1 Å². The highest BCUT2D eigenvalue weighted by Gasteiger charge is 2.11. The van der Waals surface area contributed by atoms with Gasteiger partial charge in [-0.15, -0.1) is 0 Å². The highest BCUT2D eigenvalue weighted by Crippen LogP contribution is 2.25. The Labute approximate surface area is 164 Å². The van der Waals surface area contributed by atoms with Crippen molar-refractivity contribution in [3.05, 3.63) is 89.5 Å². The molecule has 3 aromatic rings. The third kappa shape index (κ3) is 4.43. The molecule has 0 aliphatic rings. The lowest BCUT2D eigenvalue weighted by atomic mass is 10.0. The van der Waals surface area contributed by atoms with Gasteiger partial charge in [-0.3, -0.25) is 8.51 Å². The molecule has 0 amide bonds. The standard InChI is InChI=1S/C21H16N2O4S/c22-13-15-4-6-17(7-5-15)18-8-10-20(11-9-18)23(28(26)27)14-16-2-1-3-19(12-16)21(24)25/h1-12H,14H2,(H,24,25)(H,26,27)/p-1. The second kappa shape index (κ2) is 8.48. The number of carboxylic acids is 1. The number of nitriles is 1. The zero-order chi connectivity index (χ0) is 20.1. The van der Waals surface area contributed by atoms with Crippen LogP contribution in [0.3, 0.4) is 0 Å². The average Bonchev–Trinajstić information content (AvgIpc) is 2.72. The maximum atomic E-state index is 11.7. The lowest BCUT2D eigenvalue weighted by Gasteiger charge is -2.26. The van der Waals surface area contributed by atoms with Crippen molar-refractivity contribution in [1.82, 2.24) is 0 Å². The molecule has 0 radical (unpaired) electrons. The quantitative estimate of drug-likeness (QED) is 0.645. The monoisotopic (exact) mass is 391 g/mol. The van der Waals surface area contributed by atoms with Crippen LogP contribution in [-0.2, 0) is 17.8 Å². The first kappa shape index (κ1) is 19.3. The van der Waals surface area contributed by atoms with E-state index in [0.717, 1.165) is 15.4 Å². The van der Waals surface area contributed by atoms with Crippen molar-refractivity contribution in [3.8, 4) is 17.2 Å². The van der Waals surface area contributed by atoms with E-state index in [4.69, 9.17) is 10.4 Å². The first-order valence-corrected chi connectivity index (χ1v) is 9.31. The Bertz CT molecular complexity index is 1060. The molecule has 6 nitrogen and oxygen atoms in total. The molecule has 140 valence electrons. The zero-order valence-corrected chi connectivity index (χ0v) is 15.4. The van der Waals surface area contributed by atoms with E-state index in [1.54, 1.807) is 48.5 Å². The summed E-state index contributed by atoms with van der Waals surface area (Å²) >= 11 is -2.53. The molecule has 1 unspecified atom stereocenters. The smallest absolute Gasteiger partial charge is 0.335 e. The van der Waals surface area contributed by atoms with Gasteiger partial charge in [0.2, 0.25) is 0 Å². The van der Waals surface area contributed by atoms with E-state index < -0.39 is 17.2 Å². The van der Waals surface area contributed by atoms with Gasteiger partial charge >= 0.3 is 5.97 Å². The average molecular weight is 391 g/mol. The summed E-state index contributed by atoms with van der Waals surface area (Å²) in [5.41, 5.74) is 3.50. The fourth-order valence-electron chi connectivity index (χ4n) is 2.76. The van der Waals surface area contributed by atoms with Crippen molar-refractivity contribution in [2.45, 2.75) is 6.54 Å². The molecule has 3 rings (SSSR count). The molecule has 1 atom stereocenters.